The van der Waals surface area contributed by atoms with Crippen molar-refractivity contribution in [3.05, 3.63) is 52.4 Å². The monoisotopic (exact) mass is 255 g/mol. The Morgan fingerprint density at radius 2 is 1.88 bits per heavy atom. The zero-order valence-corrected chi connectivity index (χ0v) is 10.2. The number of rotatable bonds is 3. The van der Waals surface area contributed by atoms with Crippen molar-refractivity contribution in [1.82, 2.24) is 0 Å². The number of nitrogens with one attached hydrogen (secondary N) is 1. The molecule has 0 aliphatic rings. The summed E-state index contributed by atoms with van der Waals surface area (Å²) in [4.78, 5) is 0. The highest BCUT2D eigenvalue weighted by Gasteiger charge is 2.07. The van der Waals surface area contributed by atoms with E-state index in [1.165, 1.54) is 0 Å². The predicted molar refractivity (Wildman–Crippen MR) is 67.2 cm³/mol. The molecule has 0 amide bonds. The maximum absolute atomic E-state index is 5.92. The molecule has 0 bridgehead atoms. The fourth-order valence-corrected chi connectivity index (χ4v) is 2.02. The molecule has 2 nitrogen and oxygen atoms in total. The van der Waals surface area contributed by atoms with E-state index >= 15 is 0 Å². The molecule has 1 heterocycles. The minimum Gasteiger partial charge on any atom is -0.472 e. The van der Waals surface area contributed by atoms with Crippen molar-refractivity contribution < 1.29 is 4.42 Å². The van der Waals surface area contributed by atoms with Crippen LogP contribution in [0, 0.1) is 0 Å². The average Bonchev–Trinajstić information content (AvgIpc) is 2.68. The Morgan fingerprint density at radius 3 is 2.44 bits per heavy atom. The van der Waals surface area contributed by atoms with E-state index in [1.54, 1.807) is 18.6 Å². The molecule has 2 aromatic rings. The van der Waals surface area contributed by atoms with Gasteiger partial charge in [0.25, 0.3) is 0 Å². The van der Waals surface area contributed by atoms with Crippen LogP contribution < -0.4 is 5.32 Å². The molecule has 1 atom stereocenters. The Kier molecular flexibility index (Phi) is 3.42. The van der Waals surface area contributed by atoms with Crippen molar-refractivity contribution in [1.29, 1.82) is 0 Å². The van der Waals surface area contributed by atoms with Gasteiger partial charge in [0, 0.05) is 21.3 Å². The summed E-state index contributed by atoms with van der Waals surface area (Å²) in [6.07, 6.45) is 3.36. The molecule has 0 aliphatic heterocycles. The van der Waals surface area contributed by atoms with Gasteiger partial charge in [0.1, 0.15) is 0 Å². The van der Waals surface area contributed by atoms with Crippen LogP contribution in [-0.2, 0) is 0 Å². The molecule has 0 spiro atoms. The zero-order chi connectivity index (χ0) is 11.5. The average molecular weight is 256 g/mol. The summed E-state index contributed by atoms with van der Waals surface area (Å²) >= 11 is 11.8. The van der Waals surface area contributed by atoms with Crippen LogP contribution in [0.3, 0.4) is 0 Å². The van der Waals surface area contributed by atoms with E-state index in [0.717, 1.165) is 11.3 Å². The van der Waals surface area contributed by atoms with Crippen LogP contribution in [-0.4, -0.2) is 0 Å². The third kappa shape index (κ3) is 2.71. The molecule has 0 aliphatic carbocycles. The molecule has 0 radical (unpaired) electrons. The van der Waals surface area contributed by atoms with Gasteiger partial charge >= 0.3 is 0 Å². The van der Waals surface area contributed by atoms with Gasteiger partial charge in [-0.2, -0.15) is 0 Å². The molecule has 1 unspecified atom stereocenters. The first-order valence-electron chi connectivity index (χ1n) is 4.90. The van der Waals surface area contributed by atoms with Crippen molar-refractivity contribution in [3.63, 3.8) is 0 Å². The zero-order valence-electron chi connectivity index (χ0n) is 8.71. The number of anilines is 1. The molecule has 0 saturated heterocycles. The fraction of sp³-hybridized carbons (Fsp3) is 0.167. The third-order valence-corrected chi connectivity index (χ3v) is 2.73. The Bertz CT molecular complexity index is 448. The van der Waals surface area contributed by atoms with Gasteiger partial charge in [-0.3, -0.25) is 0 Å². The molecule has 1 N–H and O–H groups in total. The van der Waals surface area contributed by atoms with Crippen LogP contribution >= 0.6 is 23.2 Å². The molecule has 16 heavy (non-hydrogen) atoms. The van der Waals surface area contributed by atoms with E-state index in [0.29, 0.717) is 10.0 Å². The van der Waals surface area contributed by atoms with Crippen LogP contribution in [0.4, 0.5) is 5.69 Å². The van der Waals surface area contributed by atoms with Crippen molar-refractivity contribution in [2.24, 2.45) is 0 Å². The second-order valence-corrected chi connectivity index (χ2v) is 4.45. The summed E-state index contributed by atoms with van der Waals surface area (Å²) in [6.45, 7) is 2.04. The maximum atomic E-state index is 5.92. The van der Waals surface area contributed by atoms with Gasteiger partial charge in [0.15, 0.2) is 0 Å². The first-order chi connectivity index (χ1) is 7.65. The van der Waals surface area contributed by atoms with Crippen LogP contribution in [0.1, 0.15) is 18.5 Å². The number of hydrogen-bond donors (Lipinski definition) is 1. The smallest absolute Gasteiger partial charge is 0.0955 e. The quantitative estimate of drug-likeness (QED) is 0.856. The number of hydrogen-bond acceptors (Lipinski definition) is 2. The van der Waals surface area contributed by atoms with Crippen molar-refractivity contribution in [2.75, 3.05) is 5.32 Å². The van der Waals surface area contributed by atoms with E-state index in [2.05, 4.69) is 5.32 Å². The molecule has 2 rings (SSSR count). The van der Waals surface area contributed by atoms with Crippen LogP contribution in [0.25, 0.3) is 0 Å². The molecule has 0 saturated carbocycles. The first kappa shape index (κ1) is 11.4. The summed E-state index contributed by atoms with van der Waals surface area (Å²) in [7, 11) is 0. The van der Waals surface area contributed by atoms with E-state index in [1.807, 2.05) is 25.1 Å². The predicted octanol–water partition coefficient (Wildman–Crippen LogP) is 4.76. The molecule has 4 heteroatoms. The summed E-state index contributed by atoms with van der Waals surface area (Å²) in [6, 6.07) is 7.45. The lowest BCUT2D eigenvalue weighted by Crippen LogP contribution is -2.05. The normalized spacial score (nSPS) is 12.4. The standard InChI is InChI=1S/C12H11Cl2NO/c1-8(9-2-3-16-7-9)15-12-5-10(13)4-11(14)6-12/h2-8,15H,1H3. The van der Waals surface area contributed by atoms with E-state index in [-0.39, 0.29) is 6.04 Å². The highest BCUT2D eigenvalue weighted by molar-refractivity contribution is 6.35. The molecule has 84 valence electrons. The van der Waals surface area contributed by atoms with Gasteiger partial charge in [-0.15, -0.1) is 0 Å². The lowest BCUT2D eigenvalue weighted by molar-refractivity contribution is 0.562. The van der Waals surface area contributed by atoms with Crippen LogP contribution in [0.5, 0.6) is 0 Å². The first-order valence-corrected chi connectivity index (χ1v) is 5.65. The Hall–Kier alpha value is -1.12. The van der Waals surface area contributed by atoms with E-state index in [4.69, 9.17) is 27.6 Å². The second-order valence-electron chi connectivity index (χ2n) is 3.58. The number of furan rings is 1. The Labute approximate surface area is 104 Å². The van der Waals surface area contributed by atoms with Gasteiger partial charge in [-0.1, -0.05) is 23.2 Å². The Morgan fingerprint density at radius 1 is 1.19 bits per heavy atom. The summed E-state index contributed by atoms with van der Waals surface area (Å²) in [5, 5.41) is 4.54. The van der Waals surface area contributed by atoms with Gasteiger partial charge < -0.3 is 9.73 Å². The number of benzene rings is 1. The van der Waals surface area contributed by atoms with Crippen molar-refractivity contribution in [2.45, 2.75) is 13.0 Å². The minimum absolute atomic E-state index is 0.147. The molecule has 0 fully saturated rings. The van der Waals surface area contributed by atoms with Crippen LogP contribution in [0.2, 0.25) is 10.0 Å². The van der Waals surface area contributed by atoms with E-state index < -0.39 is 0 Å². The largest absolute Gasteiger partial charge is 0.472 e. The van der Waals surface area contributed by atoms with Gasteiger partial charge in [-0.05, 0) is 31.2 Å². The highest BCUT2D eigenvalue weighted by atomic mass is 35.5. The van der Waals surface area contributed by atoms with Crippen LogP contribution in [0.15, 0.2) is 41.2 Å². The second kappa shape index (κ2) is 4.81. The van der Waals surface area contributed by atoms with Crippen molar-refractivity contribution >= 4 is 28.9 Å². The van der Waals surface area contributed by atoms with E-state index in [9.17, 15) is 0 Å². The van der Waals surface area contributed by atoms with Crippen molar-refractivity contribution in [3.8, 4) is 0 Å². The maximum Gasteiger partial charge on any atom is 0.0955 e. The lowest BCUT2D eigenvalue weighted by atomic mass is 10.1. The minimum atomic E-state index is 0.147. The van der Waals surface area contributed by atoms with Gasteiger partial charge in [-0.25, -0.2) is 0 Å². The highest BCUT2D eigenvalue weighted by Crippen LogP contribution is 2.25. The fourth-order valence-electron chi connectivity index (χ4n) is 1.49. The molecule has 1 aromatic carbocycles. The summed E-state index contributed by atoms with van der Waals surface area (Å²) in [5.74, 6) is 0. The number of halogens is 2. The van der Waals surface area contributed by atoms with Gasteiger partial charge in [0.2, 0.25) is 0 Å². The SMILES string of the molecule is CC(Nc1cc(Cl)cc(Cl)c1)c1ccoc1. The molecular weight excluding hydrogens is 245 g/mol. The molecular formula is C12H11Cl2NO. The Balaban J connectivity index is 2.15. The third-order valence-electron chi connectivity index (χ3n) is 2.29. The topological polar surface area (TPSA) is 25.2 Å². The summed E-state index contributed by atoms with van der Waals surface area (Å²) < 4.78 is 5.03. The molecule has 1 aromatic heterocycles. The summed E-state index contributed by atoms with van der Waals surface area (Å²) in [5.41, 5.74) is 1.97. The lowest BCUT2D eigenvalue weighted by Gasteiger charge is -2.14. The van der Waals surface area contributed by atoms with Gasteiger partial charge in [0.05, 0.1) is 18.6 Å².